The Balaban J connectivity index is 0.000000278. The number of hydrogen-bond acceptors (Lipinski definition) is 13. The molecule has 0 fully saturated rings. The third-order valence-electron chi connectivity index (χ3n) is 11.2. The fourth-order valence-corrected chi connectivity index (χ4v) is 7.32. The van der Waals surface area contributed by atoms with Crippen LogP contribution in [-0.4, -0.2) is 49.6 Å². The molecular weight excluding hydrogens is 1090 g/mol. The predicted molar refractivity (Wildman–Crippen MR) is 289 cm³/mol. The van der Waals surface area contributed by atoms with E-state index in [9.17, 15) is 27.6 Å². The van der Waals surface area contributed by atoms with Gasteiger partial charge in [-0.1, -0.05) is 102 Å². The van der Waals surface area contributed by atoms with Crippen molar-refractivity contribution in [2.45, 2.75) is 58.5 Å². The molecule has 77 heavy (non-hydrogen) atoms. The summed E-state index contributed by atoms with van der Waals surface area (Å²) < 4.78 is 52.9. The normalized spacial score (nSPS) is 11.2. The average Bonchev–Trinajstić information content (AvgIpc) is 3.93. The third kappa shape index (κ3) is 16.7. The molecular formula is C58H49F3N8O6RuS. The van der Waals surface area contributed by atoms with Gasteiger partial charge in [-0.2, -0.15) is 18.3 Å². The van der Waals surface area contributed by atoms with Crippen molar-refractivity contribution in [1.29, 1.82) is 0 Å². The Hall–Kier alpha value is -8.63. The molecule has 0 amide bonds. The summed E-state index contributed by atoms with van der Waals surface area (Å²) in [5.74, 6) is 0.258. The molecule has 0 N–H and O–H groups in total. The van der Waals surface area contributed by atoms with Gasteiger partial charge in [-0.3, -0.25) is 29.3 Å². The standard InChI is InChI=1S/C35H34F3N4.C22H15N3O6.CNS.Ru/c1-33(2,3)25-10-16-28(17-11-25)42(29-18-12-26(13-19-29)34(4,5)6)27-14-7-23(8-15-27)24-9-20-30(39-22-24)31-21-32(41-40-31)35(36,37)38;26-13-29-7-3-16-1-5-23-19(9-16)21-11-18(31-15-28)12-22(25-21)20-10-17(2-6-24-20)4-8-30-14-27;2-1-3;/h7-22H,1-6H3;1-15H;;/q-1;;-1;+2/b;7-3+,8-4+;;. The number of halogens is 3. The van der Waals surface area contributed by atoms with E-state index >= 15 is 0 Å². The van der Waals surface area contributed by atoms with E-state index in [-0.39, 0.29) is 41.8 Å². The van der Waals surface area contributed by atoms with Crippen LogP contribution in [0.15, 0.2) is 159 Å². The van der Waals surface area contributed by atoms with Gasteiger partial charge in [0, 0.05) is 59.0 Å². The molecule has 0 aliphatic rings. The maximum absolute atomic E-state index is 12.9. The van der Waals surface area contributed by atoms with E-state index in [1.807, 2.05) is 18.2 Å². The van der Waals surface area contributed by atoms with Crippen molar-refractivity contribution < 1.29 is 61.2 Å². The van der Waals surface area contributed by atoms with Gasteiger partial charge in [-0.15, -0.1) is 0 Å². The Morgan fingerprint density at radius 1 is 0.584 bits per heavy atom. The Morgan fingerprint density at radius 2 is 1.04 bits per heavy atom. The van der Waals surface area contributed by atoms with Gasteiger partial charge < -0.3 is 34.7 Å². The second-order valence-corrected chi connectivity index (χ2v) is 18.6. The summed E-state index contributed by atoms with van der Waals surface area (Å²) in [5.41, 5.74) is 10.3. The number of nitrogens with zero attached hydrogens (tertiary/aromatic N) is 8. The van der Waals surface area contributed by atoms with Crippen LogP contribution in [0, 0.1) is 0 Å². The largest absolute Gasteiger partial charge is 2.00 e. The molecule has 3 aromatic carbocycles. The minimum atomic E-state index is -4.54. The summed E-state index contributed by atoms with van der Waals surface area (Å²) in [6.07, 6.45) is 5.91. The van der Waals surface area contributed by atoms with Crippen LogP contribution in [-0.2, 0) is 60.3 Å². The van der Waals surface area contributed by atoms with Gasteiger partial charge in [-0.05, 0) is 124 Å². The van der Waals surface area contributed by atoms with Crippen molar-refractivity contribution in [2.75, 3.05) is 4.90 Å². The molecule has 0 radical (unpaired) electrons. The van der Waals surface area contributed by atoms with E-state index in [4.69, 9.17) is 10.1 Å². The van der Waals surface area contributed by atoms with Gasteiger partial charge in [0.15, 0.2) is 0 Å². The molecule has 0 aliphatic carbocycles. The molecule has 8 rings (SSSR count). The summed E-state index contributed by atoms with van der Waals surface area (Å²) in [6.45, 7) is 14.2. The van der Waals surface area contributed by atoms with Gasteiger partial charge in [-0.25, -0.2) is 4.98 Å². The topological polar surface area (TPSA) is 183 Å². The van der Waals surface area contributed by atoms with Crippen LogP contribution in [0.25, 0.3) is 62.9 Å². The quantitative estimate of drug-likeness (QED) is 0.0311. The second kappa shape index (κ2) is 27.2. The van der Waals surface area contributed by atoms with Crippen LogP contribution in [0.2, 0.25) is 0 Å². The minimum Gasteiger partial charge on any atom is -0.753 e. The van der Waals surface area contributed by atoms with Crippen LogP contribution < -0.4 is 14.7 Å². The molecule has 5 aromatic heterocycles. The Bertz CT molecular complexity index is 3200. The fraction of sp³-hybridized carbons (Fsp3) is 0.155. The van der Waals surface area contributed by atoms with Crippen molar-refractivity contribution in [3.63, 3.8) is 0 Å². The Labute approximate surface area is 461 Å². The van der Waals surface area contributed by atoms with Crippen molar-refractivity contribution in [3.05, 3.63) is 192 Å². The summed E-state index contributed by atoms with van der Waals surface area (Å²) in [5, 5.41) is 15.3. The van der Waals surface area contributed by atoms with Crippen molar-refractivity contribution in [1.82, 2.24) is 30.1 Å². The second-order valence-electron chi connectivity index (χ2n) is 18.4. The summed E-state index contributed by atoms with van der Waals surface area (Å²) >= 11 is 3.70. The van der Waals surface area contributed by atoms with Gasteiger partial charge in [0.05, 0.1) is 35.3 Å². The van der Waals surface area contributed by atoms with Crippen LogP contribution in [0.3, 0.4) is 0 Å². The molecule has 0 bridgehead atoms. The fourth-order valence-electron chi connectivity index (χ4n) is 7.32. The van der Waals surface area contributed by atoms with Crippen LogP contribution >= 0.6 is 12.2 Å². The first-order valence-electron chi connectivity index (χ1n) is 23.1. The first-order valence-corrected chi connectivity index (χ1v) is 23.5. The first kappa shape index (κ1) is 59.3. The smallest absolute Gasteiger partial charge is 0.753 e. The predicted octanol–water partition coefficient (Wildman–Crippen LogP) is 13.5. The van der Waals surface area contributed by atoms with Gasteiger partial charge in [0.2, 0.25) is 0 Å². The molecule has 0 aliphatic heterocycles. The molecule has 19 heteroatoms. The minimum absolute atomic E-state index is 0. The summed E-state index contributed by atoms with van der Waals surface area (Å²) in [4.78, 5) is 51.2. The number of aromatic nitrogens is 6. The number of isothiocyanates is 1. The number of carbonyl (C=O) groups excluding carboxylic acids is 3. The Morgan fingerprint density at radius 3 is 1.43 bits per heavy atom. The van der Waals surface area contributed by atoms with Gasteiger partial charge >= 0.3 is 25.7 Å². The summed E-state index contributed by atoms with van der Waals surface area (Å²) in [7, 11) is 0. The number of alkyl halides is 3. The van der Waals surface area contributed by atoms with Crippen molar-refractivity contribution in [2.24, 2.45) is 0 Å². The van der Waals surface area contributed by atoms with Crippen molar-refractivity contribution in [3.8, 4) is 51.0 Å². The number of benzene rings is 3. The maximum Gasteiger partial charge on any atom is 2.00 e. The summed E-state index contributed by atoms with van der Waals surface area (Å²) in [6, 6.07) is 40.0. The molecule has 0 atom stereocenters. The van der Waals surface area contributed by atoms with E-state index in [2.05, 4.69) is 159 Å². The van der Waals surface area contributed by atoms with Crippen LogP contribution in [0.4, 0.5) is 30.2 Å². The number of hydrogen-bond donors (Lipinski definition) is 0. The number of thiocarbonyl (C=S) groups is 1. The number of rotatable bonds is 15. The SMILES string of the molecule is CC(C)(C)c1ccc(N(c2ccc(-c3ccc(-c4cc(C(F)(F)F)n[n-]4)nc3)cc2)c2ccc(C(C)(C)C)cc2)cc1.O=CO/C=C/c1ccnc(-c2cc(OC=O)cc(-c3cc(/C=C/OC=O)ccn3)n2)c1.[N-]=C=S.[Ru+2]. The van der Waals surface area contributed by atoms with Gasteiger partial charge in [0.1, 0.15) is 11.4 Å². The molecule has 14 nitrogen and oxygen atoms in total. The van der Waals surface area contributed by atoms with E-state index < -0.39 is 11.9 Å². The van der Waals surface area contributed by atoms with E-state index in [0.29, 0.717) is 47.9 Å². The number of ether oxygens (including phenoxy) is 3. The number of pyridine rings is 4. The van der Waals surface area contributed by atoms with E-state index in [1.54, 1.807) is 73.2 Å². The zero-order chi connectivity index (χ0) is 54.9. The monoisotopic (exact) mass is 1140 g/mol. The van der Waals surface area contributed by atoms with Gasteiger partial charge in [0.25, 0.3) is 19.4 Å². The molecule has 0 spiro atoms. The number of carbonyl (C=O) groups is 3. The zero-order valence-electron chi connectivity index (χ0n) is 42.3. The Kier molecular flexibility index (Phi) is 21.0. The molecule has 0 saturated heterocycles. The van der Waals surface area contributed by atoms with Crippen molar-refractivity contribution >= 4 is 66.0 Å². The molecule has 0 unspecified atom stereocenters. The third-order valence-corrected chi connectivity index (χ3v) is 11.2. The average molecular weight is 1140 g/mol. The van der Waals surface area contributed by atoms with Crippen LogP contribution in [0.5, 0.6) is 5.75 Å². The first-order chi connectivity index (χ1) is 36.3. The molecule has 392 valence electrons. The van der Waals surface area contributed by atoms with E-state index in [0.717, 1.165) is 45.4 Å². The molecule has 5 heterocycles. The van der Waals surface area contributed by atoms with Crippen LogP contribution in [0.1, 0.15) is 69.5 Å². The number of anilines is 3. The molecule has 8 aromatic rings. The van der Waals surface area contributed by atoms with E-state index in [1.165, 1.54) is 28.8 Å². The maximum atomic E-state index is 12.9. The molecule has 0 saturated carbocycles. The zero-order valence-corrected chi connectivity index (χ0v) is 44.9.